The van der Waals surface area contributed by atoms with Crippen LogP contribution in [0.1, 0.15) is 32.6 Å². The van der Waals surface area contributed by atoms with Gasteiger partial charge in [0.15, 0.2) is 5.16 Å². The van der Waals surface area contributed by atoms with Gasteiger partial charge in [0.1, 0.15) is 0 Å². The Morgan fingerprint density at radius 2 is 2.53 bits per heavy atom. The van der Waals surface area contributed by atoms with Gasteiger partial charge in [-0.05, 0) is 25.8 Å². The number of rotatable bonds is 4. The van der Waals surface area contributed by atoms with Crippen molar-refractivity contribution in [1.82, 2.24) is 15.3 Å². The Morgan fingerprint density at radius 3 is 3.27 bits per heavy atom. The number of imidazole rings is 1. The Balaban J connectivity index is 1.82. The Bertz CT molecular complexity index is 271. The average molecular weight is 225 g/mol. The second-order valence-electron chi connectivity index (χ2n) is 4.06. The van der Waals surface area contributed by atoms with Crippen molar-refractivity contribution in [3.8, 4) is 0 Å². The number of aromatic nitrogens is 2. The predicted octanol–water partition coefficient (Wildman–Crippen LogP) is 2.42. The fourth-order valence-electron chi connectivity index (χ4n) is 2.20. The molecular weight excluding hydrogens is 206 g/mol. The van der Waals surface area contributed by atoms with Gasteiger partial charge in [-0.25, -0.2) is 4.98 Å². The lowest BCUT2D eigenvalue weighted by atomic mass is 9.95. The third-order valence-electron chi connectivity index (χ3n) is 2.87. The molecule has 3 nitrogen and oxygen atoms in total. The third kappa shape index (κ3) is 3.24. The van der Waals surface area contributed by atoms with Crippen molar-refractivity contribution in [2.45, 2.75) is 49.1 Å². The highest BCUT2D eigenvalue weighted by atomic mass is 32.2. The first-order chi connectivity index (χ1) is 7.38. The van der Waals surface area contributed by atoms with Crippen molar-refractivity contribution in [1.29, 1.82) is 0 Å². The van der Waals surface area contributed by atoms with E-state index in [0.29, 0.717) is 0 Å². The number of nitrogens with zero attached hydrogens (tertiary/aromatic N) is 1. The Kier molecular flexibility index (Phi) is 4.09. The largest absolute Gasteiger partial charge is 0.340 e. The first-order valence-electron chi connectivity index (χ1n) is 5.78. The molecule has 0 bridgehead atoms. The highest BCUT2D eigenvalue weighted by Gasteiger charge is 2.22. The van der Waals surface area contributed by atoms with Crippen LogP contribution in [0.2, 0.25) is 0 Å². The van der Waals surface area contributed by atoms with Gasteiger partial charge < -0.3 is 10.3 Å². The summed E-state index contributed by atoms with van der Waals surface area (Å²) >= 11 is 1.89. The van der Waals surface area contributed by atoms with Gasteiger partial charge >= 0.3 is 0 Å². The summed E-state index contributed by atoms with van der Waals surface area (Å²) in [4.78, 5) is 7.43. The third-order valence-corrected chi connectivity index (χ3v) is 4.08. The monoisotopic (exact) mass is 225 g/mol. The summed E-state index contributed by atoms with van der Waals surface area (Å²) in [6, 6.07) is 0.719. The van der Waals surface area contributed by atoms with E-state index in [9.17, 15) is 0 Å². The molecular formula is C11H19N3S. The maximum absolute atomic E-state index is 4.27. The van der Waals surface area contributed by atoms with Crippen molar-refractivity contribution in [3.63, 3.8) is 0 Å². The van der Waals surface area contributed by atoms with Crippen molar-refractivity contribution < 1.29 is 0 Å². The van der Waals surface area contributed by atoms with Crippen LogP contribution in [0.4, 0.5) is 0 Å². The number of hydrogen-bond acceptors (Lipinski definition) is 3. The molecule has 1 saturated carbocycles. The first-order valence-corrected chi connectivity index (χ1v) is 6.66. The summed E-state index contributed by atoms with van der Waals surface area (Å²) in [6.45, 7) is 3.27. The maximum Gasteiger partial charge on any atom is 0.165 e. The zero-order valence-electron chi connectivity index (χ0n) is 9.20. The van der Waals surface area contributed by atoms with Gasteiger partial charge in [0.05, 0.1) is 0 Å². The minimum absolute atomic E-state index is 0.719. The molecule has 15 heavy (non-hydrogen) atoms. The molecule has 2 N–H and O–H groups in total. The standard InChI is InChI=1S/C11H19N3S/c1-2-12-9-4-3-5-10(8-9)15-11-13-6-7-14-11/h6-7,9-10,12H,2-5,8H2,1H3,(H,13,14). The quantitative estimate of drug-likeness (QED) is 0.827. The number of aromatic amines is 1. The minimum Gasteiger partial charge on any atom is -0.340 e. The molecule has 0 saturated heterocycles. The summed E-state index contributed by atoms with van der Waals surface area (Å²) in [7, 11) is 0. The molecule has 0 spiro atoms. The highest BCUT2D eigenvalue weighted by molar-refractivity contribution is 7.99. The molecule has 1 heterocycles. The summed E-state index contributed by atoms with van der Waals surface area (Å²) < 4.78 is 0. The topological polar surface area (TPSA) is 40.7 Å². The lowest BCUT2D eigenvalue weighted by Gasteiger charge is -2.28. The smallest absolute Gasteiger partial charge is 0.165 e. The molecule has 1 aliphatic rings. The summed E-state index contributed by atoms with van der Waals surface area (Å²) in [6.07, 6.45) is 9.01. The van der Waals surface area contributed by atoms with E-state index in [1.807, 2.05) is 24.2 Å². The van der Waals surface area contributed by atoms with E-state index >= 15 is 0 Å². The van der Waals surface area contributed by atoms with Crippen LogP contribution in [0.5, 0.6) is 0 Å². The zero-order chi connectivity index (χ0) is 10.5. The van der Waals surface area contributed by atoms with Crippen LogP contribution in [0, 0.1) is 0 Å². The van der Waals surface area contributed by atoms with E-state index < -0.39 is 0 Å². The van der Waals surface area contributed by atoms with Gasteiger partial charge in [-0.15, -0.1) is 0 Å². The SMILES string of the molecule is CCNC1CCCC(Sc2ncc[nH]2)C1. The first kappa shape index (κ1) is 11.0. The van der Waals surface area contributed by atoms with Crippen molar-refractivity contribution in [2.24, 2.45) is 0 Å². The Morgan fingerprint density at radius 1 is 1.60 bits per heavy atom. The van der Waals surface area contributed by atoms with Crippen LogP contribution in [-0.4, -0.2) is 27.8 Å². The zero-order valence-corrected chi connectivity index (χ0v) is 10.0. The molecule has 2 atom stereocenters. The summed E-state index contributed by atoms with van der Waals surface area (Å²) in [5.74, 6) is 0. The number of nitrogens with one attached hydrogen (secondary N) is 2. The van der Waals surface area contributed by atoms with Gasteiger partial charge in [0.2, 0.25) is 0 Å². The molecule has 1 aromatic rings. The van der Waals surface area contributed by atoms with Gasteiger partial charge in [-0.3, -0.25) is 0 Å². The molecule has 2 rings (SSSR count). The van der Waals surface area contributed by atoms with E-state index in [-0.39, 0.29) is 0 Å². The lowest BCUT2D eigenvalue weighted by molar-refractivity contribution is 0.387. The normalized spacial score (nSPS) is 26.7. The number of H-pyrrole nitrogens is 1. The maximum atomic E-state index is 4.27. The van der Waals surface area contributed by atoms with Crippen LogP contribution >= 0.6 is 11.8 Å². The highest BCUT2D eigenvalue weighted by Crippen LogP contribution is 2.31. The molecule has 0 amide bonds. The van der Waals surface area contributed by atoms with Crippen molar-refractivity contribution in [3.05, 3.63) is 12.4 Å². The van der Waals surface area contributed by atoms with Crippen molar-refractivity contribution >= 4 is 11.8 Å². The second-order valence-corrected chi connectivity index (χ2v) is 5.34. The van der Waals surface area contributed by atoms with E-state index in [1.54, 1.807) is 0 Å². The second kappa shape index (κ2) is 5.56. The van der Waals surface area contributed by atoms with Crippen LogP contribution in [0.25, 0.3) is 0 Å². The van der Waals surface area contributed by atoms with Gasteiger partial charge in [-0.2, -0.15) is 0 Å². The van der Waals surface area contributed by atoms with Crippen LogP contribution in [0.3, 0.4) is 0 Å². The van der Waals surface area contributed by atoms with Gasteiger partial charge in [-0.1, -0.05) is 25.1 Å². The fourth-order valence-corrected chi connectivity index (χ4v) is 3.39. The van der Waals surface area contributed by atoms with Crippen molar-refractivity contribution in [2.75, 3.05) is 6.54 Å². The van der Waals surface area contributed by atoms with E-state index in [4.69, 9.17) is 0 Å². The molecule has 0 aromatic carbocycles. The van der Waals surface area contributed by atoms with Crippen LogP contribution in [-0.2, 0) is 0 Å². The van der Waals surface area contributed by atoms with Crippen LogP contribution in [0.15, 0.2) is 17.6 Å². The van der Waals surface area contributed by atoms with E-state index in [0.717, 1.165) is 23.0 Å². The molecule has 1 aliphatic carbocycles. The van der Waals surface area contributed by atoms with Gasteiger partial charge in [0.25, 0.3) is 0 Å². The minimum atomic E-state index is 0.719. The Hall–Kier alpha value is -0.480. The molecule has 2 unspecified atom stereocenters. The molecule has 1 aromatic heterocycles. The summed E-state index contributed by atoms with van der Waals surface area (Å²) in [5.41, 5.74) is 0. The average Bonchev–Trinajstić information content (AvgIpc) is 2.71. The molecule has 1 fully saturated rings. The summed E-state index contributed by atoms with van der Waals surface area (Å²) in [5, 5.41) is 5.35. The molecule has 84 valence electrons. The molecule has 0 radical (unpaired) electrons. The van der Waals surface area contributed by atoms with E-state index in [1.165, 1.54) is 25.7 Å². The van der Waals surface area contributed by atoms with E-state index in [2.05, 4.69) is 22.2 Å². The van der Waals surface area contributed by atoms with Crippen LogP contribution < -0.4 is 5.32 Å². The Labute approximate surface area is 95.4 Å². The number of hydrogen-bond donors (Lipinski definition) is 2. The predicted molar refractivity (Wildman–Crippen MR) is 64.2 cm³/mol. The lowest BCUT2D eigenvalue weighted by Crippen LogP contribution is -2.34. The molecule has 0 aliphatic heterocycles. The number of thioether (sulfide) groups is 1. The molecule has 4 heteroatoms. The fraction of sp³-hybridized carbons (Fsp3) is 0.727. The van der Waals surface area contributed by atoms with Gasteiger partial charge in [0, 0.05) is 23.7 Å².